The number of hydrogen-bond acceptors (Lipinski definition) is 1. The fraction of sp³-hybridized carbons (Fsp3) is 0. The summed E-state index contributed by atoms with van der Waals surface area (Å²) in [6.07, 6.45) is 0. The zero-order chi connectivity index (χ0) is 13.1. The van der Waals surface area contributed by atoms with E-state index in [0.29, 0.717) is 5.56 Å². The molecule has 0 saturated carbocycles. The van der Waals surface area contributed by atoms with E-state index in [-0.39, 0.29) is 5.91 Å². The van der Waals surface area contributed by atoms with Crippen LogP contribution in [0.1, 0.15) is 10.4 Å². The van der Waals surface area contributed by atoms with Crippen molar-refractivity contribution in [3.63, 3.8) is 0 Å². The van der Waals surface area contributed by atoms with Crippen molar-refractivity contribution in [3.05, 3.63) is 59.6 Å². The Morgan fingerprint density at radius 3 is 2.56 bits per heavy atom. The molecular weight excluding hydrogens is 520 g/mol. The van der Waals surface area contributed by atoms with E-state index >= 15 is 0 Å². The standard InChI is InChI=1S/C13H8BrI2NO/c14-10-6-5-8(15)7-9(10)13(18)17-12-4-2-1-3-11(12)16/h1-7H,(H,17,18). The van der Waals surface area contributed by atoms with Gasteiger partial charge in [0.15, 0.2) is 0 Å². The van der Waals surface area contributed by atoms with Crippen molar-refractivity contribution in [3.8, 4) is 0 Å². The highest BCUT2D eigenvalue weighted by Gasteiger charge is 2.11. The number of carbonyl (C=O) groups is 1. The summed E-state index contributed by atoms with van der Waals surface area (Å²) in [6, 6.07) is 13.4. The van der Waals surface area contributed by atoms with Gasteiger partial charge in [-0.3, -0.25) is 4.79 Å². The van der Waals surface area contributed by atoms with E-state index in [0.717, 1.165) is 17.3 Å². The molecule has 0 aromatic heterocycles. The van der Waals surface area contributed by atoms with Gasteiger partial charge in [0.2, 0.25) is 0 Å². The number of carbonyl (C=O) groups excluding carboxylic acids is 1. The molecule has 0 aliphatic rings. The molecule has 0 fully saturated rings. The molecule has 2 nitrogen and oxygen atoms in total. The summed E-state index contributed by atoms with van der Waals surface area (Å²) in [4.78, 5) is 12.2. The molecule has 5 heteroatoms. The van der Waals surface area contributed by atoms with Gasteiger partial charge in [0.1, 0.15) is 0 Å². The maximum absolute atomic E-state index is 12.2. The van der Waals surface area contributed by atoms with Gasteiger partial charge in [-0.25, -0.2) is 0 Å². The van der Waals surface area contributed by atoms with Gasteiger partial charge in [0.05, 0.1) is 11.3 Å². The quantitative estimate of drug-likeness (QED) is 0.553. The van der Waals surface area contributed by atoms with E-state index in [4.69, 9.17) is 0 Å². The van der Waals surface area contributed by atoms with Crippen molar-refractivity contribution in [2.75, 3.05) is 5.32 Å². The molecule has 0 bridgehead atoms. The predicted molar refractivity (Wildman–Crippen MR) is 94.0 cm³/mol. The van der Waals surface area contributed by atoms with Gasteiger partial charge in [-0.2, -0.15) is 0 Å². The summed E-state index contributed by atoms with van der Waals surface area (Å²) in [5.74, 6) is -0.107. The van der Waals surface area contributed by atoms with Crippen LogP contribution in [0.2, 0.25) is 0 Å². The van der Waals surface area contributed by atoms with Crippen LogP contribution < -0.4 is 5.32 Å². The molecule has 2 aromatic rings. The number of hydrogen-bond donors (Lipinski definition) is 1. The highest BCUT2D eigenvalue weighted by atomic mass is 127. The highest BCUT2D eigenvalue weighted by Crippen LogP contribution is 2.22. The minimum atomic E-state index is -0.107. The first-order valence-electron chi connectivity index (χ1n) is 5.09. The summed E-state index contributed by atoms with van der Waals surface area (Å²) in [5.41, 5.74) is 1.47. The van der Waals surface area contributed by atoms with Crippen LogP contribution >= 0.6 is 61.1 Å². The zero-order valence-corrected chi connectivity index (χ0v) is 15.0. The van der Waals surface area contributed by atoms with Gasteiger partial charge in [0, 0.05) is 11.6 Å². The van der Waals surface area contributed by atoms with E-state index in [1.54, 1.807) is 0 Å². The molecule has 2 rings (SSSR count). The maximum atomic E-state index is 12.2. The van der Waals surface area contributed by atoms with E-state index in [2.05, 4.69) is 66.4 Å². The SMILES string of the molecule is O=C(Nc1ccccc1I)c1cc(I)ccc1Br. The van der Waals surface area contributed by atoms with Crippen LogP contribution in [0.15, 0.2) is 46.9 Å². The fourth-order valence-corrected chi connectivity index (χ4v) is 2.86. The van der Waals surface area contributed by atoms with Gasteiger partial charge in [-0.1, -0.05) is 12.1 Å². The Labute approximate surface area is 141 Å². The molecule has 0 heterocycles. The highest BCUT2D eigenvalue weighted by molar-refractivity contribution is 14.1. The van der Waals surface area contributed by atoms with Crippen molar-refractivity contribution in [2.45, 2.75) is 0 Å². The molecule has 0 aliphatic heterocycles. The number of para-hydroxylation sites is 1. The fourth-order valence-electron chi connectivity index (χ4n) is 1.42. The number of halogens is 3. The first-order valence-corrected chi connectivity index (χ1v) is 8.04. The lowest BCUT2D eigenvalue weighted by molar-refractivity contribution is 0.102. The van der Waals surface area contributed by atoms with Crippen molar-refractivity contribution in [1.82, 2.24) is 0 Å². The molecule has 18 heavy (non-hydrogen) atoms. The second-order valence-electron chi connectivity index (χ2n) is 3.56. The summed E-state index contributed by atoms with van der Waals surface area (Å²) < 4.78 is 2.85. The second kappa shape index (κ2) is 6.33. The third-order valence-electron chi connectivity index (χ3n) is 2.30. The van der Waals surface area contributed by atoms with Crippen LogP contribution in [-0.4, -0.2) is 5.91 Å². The average molecular weight is 528 g/mol. The van der Waals surface area contributed by atoms with E-state index in [1.165, 1.54) is 0 Å². The van der Waals surface area contributed by atoms with Gasteiger partial charge in [-0.05, 0) is 91.4 Å². The Bertz CT molecular complexity index is 601. The molecule has 92 valence electrons. The average Bonchev–Trinajstić information content (AvgIpc) is 2.35. The van der Waals surface area contributed by atoms with E-state index in [1.807, 2.05) is 42.5 Å². The summed E-state index contributed by atoms with van der Waals surface area (Å²) in [6.45, 7) is 0. The van der Waals surface area contributed by atoms with Crippen LogP contribution in [0.25, 0.3) is 0 Å². The van der Waals surface area contributed by atoms with Gasteiger partial charge in [0.25, 0.3) is 5.91 Å². The first kappa shape index (κ1) is 14.3. The van der Waals surface area contributed by atoms with Crippen molar-refractivity contribution >= 4 is 72.7 Å². The largest absolute Gasteiger partial charge is 0.321 e. The van der Waals surface area contributed by atoms with Crippen molar-refractivity contribution in [1.29, 1.82) is 0 Å². The predicted octanol–water partition coefficient (Wildman–Crippen LogP) is 4.91. The van der Waals surface area contributed by atoms with Crippen molar-refractivity contribution in [2.24, 2.45) is 0 Å². The second-order valence-corrected chi connectivity index (χ2v) is 6.82. The lowest BCUT2D eigenvalue weighted by atomic mass is 10.2. The number of anilines is 1. The number of nitrogens with one attached hydrogen (secondary N) is 1. The van der Waals surface area contributed by atoms with Crippen LogP contribution in [0.4, 0.5) is 5.69 Å². The molecule has 0 saturated heterocycles. The smallest absolute Gasteiger partial charge is 0.256 e. The Hall–Kier alpha value is -0.150. The Morgan fingerprint density at radius 1 is 1.11 bits per heavy atom. The third-order valence-corrected chi connectivity index (χ3v) is 4.60. The minimum absolute atomic E-state index is 0.107. The summed E-state index contributed by atoms with van der Waals surface area (Å²) in [7, 11) is 0. The molecule has 0 atom stereocenters. The van der Waals surface area contributed by atoms with Crippen molar-refractivity contribution < 1.29 is 4.79 Å². The molecule has 2 aromatic carbocycles. The normalized spacial score (nSPS) is 10.2. The molecule has 0 unspecified atom stereocenters. The van der Waals surface area contributed by atoms with Gasteiger partial charge >= 0.3 is 0 Å². The zero-order valence-electron chi connectivity index (χ0n) is 9.08. The molecule has 0 spiro atoms. The Morgan fingerprint density at radius 2 is 1.83 bits per heavy atom. The monoisotopic (exact) mass is 527 g/mol. The number of rotatable bonds is 2. The first-order chi connectivity index (χ1) is 8.58. The number of amides is 1. The Balaban J connectivity index is 2.28. The number of benzene rings is 2. The summed E-state index contributed by atoms with van der Waals surface area (Å²) in [5, 5.41) is 2.91. The lowest BCUT2D eigenvalue weighted by Crippen LogP contribution is -2.13. The molecule has 0 aliphatic carbocycles. The molecule has 1 N–H and O–H groups in total. The van der Waals surface area contributed by atoms with E-state index in [9.17, 15) is 4.79 Å². The third kappa shape index (κ3) is 3.45. The van der Waals surface area contributed by atoms with Gasteiger partial charge in [-0.15, -0.1) is 0 Å². The van der Waals surface area contributed by atoms with Crippen LogP contribution in [-0.2, 0) is 0 Å². The lowest BCUT2D eigenvalue weighted by Gasteiger charge is -2.08. The maximum Gasteiger partial charge on any atom is 0.256 e. The van der Waals surface area contributed by atoms with Crippen LogP contribution in [0.5, 0.6) is 0 Å². The minimum Gasteiger partial charge on any atom is -0.321 e. The summed E-state index contributed by atoms with van der Waals surface area (Å²) >= 11 is 7.79. The van der Waals surface area contributed by atoms with Crippen LogP contribution in [0, 0.1) is 7.14 Å². The Kier molecular flexibility index (Phi) is 5.02. The molecule has 0 radical (unpaired) electrons. The molecule has 1 amide bonds. The topological polar surface area (TPSA) is 29.1 Å². The van der Waals surface area contributed by atoms with Gasteiger partial charge < -0.3 is 5.32 Å². The molecular formula is C13H8BrI2NO. The van der Waals surface area contributed by atoms with Crippen LogP contribution in [0.3, 0.4) is 0 Å². The van der Waals surface area contributed by atoms with E-state index < -0.39 is 0 Å².